The van der Waals surface area contributed by atoms with E-state index in [9.17, 15) is 12.8 Å². The summed E-state index contributed by atoms with van der Waals surface area (Å²) >= 11 is 3.12. The van der Waals surface area contributed by atoms with E-state index in [4.69, 9.17) is 9.84 Å². The van der Waals surface area contributed by atoms with Crippen LogP contribution in [0.5, 0.6) is 0 Å². The summed E-state index contributed by atoms with van der Waals surface area (Å²) in [6.07, 6.45) is 1.57. The van der Waals surface area contributed by atoms with Crippen molar-refractivity contribution in [3.8, 4) is 0 Å². The minimum absolute atomic E-state index is 0.0594. The number of nitrogens with one attached hydrogen (secondary N) is 1. The van der Waals surface area contributed by atoms with E-state index in [1.807, 2.05) is 0 Å². The minimum Gasteiger partial charge on any atom is -0.392 e. The molecule has 1 aliphatic heterocycles. The maximum atomic E-state index is 14.1. The molecule has 0 radical (unpaired) electrons. The fourth-order valence-electron chi connectivity index (χ4n) is 2.18. The van der Waals surface area contributed by atoms with Crippen molar-refractivity contribution in [2.24, 2.45) is 5.92 Å². The number of benzene rings is 1. The highest BCUT2D eigenvalue weighted by atomic mass is 79.9. The lowest BCUT2D eigenvalue weighted by Crippen LogP contribution is -2.32. The summed E-state index contributed by atoms with van der Waals surface area (Å²) in [6, 6.07) is 2.55. The number of halogens is 2. The molecule has 118 valence electrons. The molecule has 0 saturated carbocycles. The van der Waals surface area contributed by atoms with Gasteiger partial charge in [0.1, 0.15) is 10.7 Å². The Labute approximate surface area is 131 Å². The number of ether oxygens (including phenoxy) is 1. The van der Waals surface area contributed by atoms with Crippen molar-refractivity contribution < 1.29 is 22.7 Å². The Balaban J connectivity index is 2.17. The molecule has 2 rings (SSSR count). The molecule has 0 bridgehead atoms. The predicted octanol–water partition coefficient (Wildman–Crippen LogP) is 1.79. The van der Waals surface area contributed by atoms with Crippen molar-refractivity contribution in [2.45, 2.75) is 24.3 Å². The van der Waals surface area contributed by atoms with E-state index in [1.54, 1.807) is 0 Å². The molecule has 8 heteroatoms. The van der Waals surface area contributed by atoms with Gasteiger partial charge in [0.25, 0.3) is 0 Å². The molecule has 0 spiro atoms. The summed E-state index contributed by atoms with van der Waals surface area (Å²) in [6.45, 7) is 0.929. The Kier molecular flexibility index (Phi) is 5.73. The zero-order valence-corrected chi connectivity index (χ0v) is 13.7. The predicted molar refractivity (Wildman–Crippen MR) is 78.8 cm³/mol. The van der Waals surface area contributed by atoms with Gasteiger partial charge in [-0.3, -0.25) is 0 Å². The molecule has 1 aromatic carbocycles. The lowest BCUT2D eigenvalue weighted by Gasteiger charge is -2.22. The zero-order valence-electron chi connectivity index (χ0n) is 11.3. The quantitative estimate of drug-likeness (QED) is 0.814. The summed E-state index contributed by atoms with van der Waals surface area (Å²) in [7, 11) is -3.95. The average Bonchev–Trinajstić information content (AvgIpc) is 2.48. The van der Waals surface area contributed by atoms with Gasteiger partial charge in [-0.1, -0.05) is 15.9 Å². The number of hydrogen-bond acceptors (Lipinski definition) is 4. The highest BCUT2D eigenvalue weighted by Crippen LogP contribution is 2.24. The molecule has 0 amide bonds. The standard InChI is InChI=1S/C13H17BrFNO4S/c14-11-5-10(8-17)13(15)12(6-11)21(18,19)16-7-9-1-3-20-4-2-9/h5-6,9,16-17H,1-4,7-8H2. The van der Waals surface area contributed by atoms with Crippen LogP contribution in [0.4, 0.5) is 4.39 Å². The first-order valence-electron chi connectivity index (χ1n) is 6.60. The van der Waals surface area contributed by atoms with Gasteiger partial charge >= 0.3 is 0 Å². The molecule has 0 atom stereocenters. The van der Waals surface area contributed by atoms with Crippen molar-refractivity contribution in [3.63, 3.8) is 0 Å². The molecule has 21 heavy (non-hydrogen) atoms. The Morgan fingerprint density at radius 2 is 2.05 bits per heavy atom. The highest BCUT2D eigenvalue weighted by Gasteiger charge is 2.24. The van der Waals surface area contributed by atoms with Crippen LogP contribution in [0.3, 0.4) is 0 Å². The molecule has 0 unspecified atom stereocenters. The van der Waals surface area contributed by atoms with Crippen LogP contribution in [0, 0.1) is 11.7 Å². The second kappa shape index (κ2) is 7.15. The van der Waals surface area contributed by atoms with E-state index < -0.39 is 27.3 Å². The number of hydrogen-bond donors (Lipinski definition) is 2. The van der Waals surface area contributed by atoms with Crippen molar-refractivity contribution >= 4 is 26.0 Å². The largest absolute Gasteiger partial charge is 0.392 e. The molecular formula is C13H17BrFNO4S. The van der Waals surface area contributed by atoms with E-state index in [-0.39, 0.29) is 18.0 Å². The van der Waals surface area contributed by atoms with Gasteiger partial charge in [0.15, 0.2) is 0 Å². The van der Waals surface area contributed by atoms with Gasteiger partial charge in [0.2, 0.25) is 10.0 Å². The topological polar surface area (TPSA) is 75.6 Å². The third-order valence-corrected chi connectivity index (χ3v) is 5.32. The van der Waals surface area contributed by atoms with Crippen LogP contribution in [0.15, 0.2) is 21.5 Å². The average molecular weight is 382 g/mol. The molecule has 0 aliphatic carbocycles. The molecule has 5 nitrogen and oxygen atoms in total. The maximum Gasteiger partial charge on any atom is 0.243 e. The summed E-state index contributed by atoms with van der Waals surface area (Å²) < 4.78 is 46.6. The first-order chi connectivity index (χ1) is 9.94. The van der Waals surface area contributed by atoms with Crippen molar-refractivity contribution in [1.82, 2.24) is 4.72 Å². The Hall–Kier alpha value is -0.540. The molecular weight excluding hydrogens is 365 g/mol. The second-order valence-corrected chi connectivity index (χ2v) is 7.59. The second-order valence-electron chi connectivity index (χ2n) is 4.94. The number of aliphatic hydroxyl groups excluding tert-OH is 1. The molecule has 1 saturated heterocycles. The van der Waals surface area contributed by atoms with E-state index in [0.717, 1.165) is 12.8 Å². The molecule has 2 N–H and O–H groups in total. The molecule has 1 fully saturated rings. The number of sulfonamides is 1. The smallest absolute Gasteiger partial charge is 0.243 e. The van der Waals surface area contributed by atoms with Crippen LogP contribution in [-0.4, -0.2) is 33.3 Å². The summed E-state index contributed by atoms with van der Waals surface area (Å²) in [4.78, 5) is -0.451. The lowest BCUT2D eigenvalue weighted by molar-refractivity contribution is 0.0678. The van der Waals surface area contributed by atoms with Crippen LogP contribution in [0.1, 0.15) is 18.4 Å². The van der Waals surface area contributed by atoms with Gasteiger partial charge in [0, 0.05) is 29.8 Å². The molecule has 0 aromatic heterocycles. The van der Waals surface area contributed by atoms with E-state index >= 15 is 0 Å². The Morgan fingerprint density at radius 3 is 2.67 bits per heavy atom. The van der Waals surface area contributed by atoms with Gasteiger partial charge in [-0.25, -0.2) is 17.5 Å². The van der Waals surface area contributed by atoms with E-state index in [2.05, 4.69) is 20.7 Å². The lowest BCUT2D eigenvalue weighted by atomic mass is 10.0. The first kappa shape index (κ1) is 16.8. The van der Waals surface area contributed by atoms with Crippen LogP contribution < -0.4 is 4.72 Å². The van der Waals surface area contributed by atoms with Gasteiger partial charge in [-0.2, -0.15) is 0 Å². The number of aliphatic hydroxyl groups is 1. The zero-order chi connectivity index (χ0) is 15.5. The first-order valence-corrected chi connectivity index (χ1v) is 8.88. The third-order valence-electron chi connectivity index (χ3n) is 3.44. The molecule has 1 aromatic rings. The van der Waals surface area contributed by atoms with Crippen molar-refractivity contribution in [3.05, 3.63) is 28.0 Å². The Bertz CT molecular complexity index is 602. The van der Waals surface area contributed by atoms with Crippen molar-refractivity contribution in [2.75, 3.05) is 19.8 Å². The van der Waals surface area contributed by atoms with Gasteiger partial charge in [-0.15, -0.1) is 0 Å². The van der Waals surface area contributed by atoms with E-state index in [0.29, 0.717) is 17.7 Å². The van der Waals surface area contributed by atoms with Gasteiger partial charge < -0.3 is 9.84 Å². The normalized spacial score (nSPS) is 17.1. The Morgan fingerprint density at radius 1 is 1.38 bits per heavy atom. The SMILES string of the molecule is O=S(=O)(NCC1CCOCC1)c1cc(Br)cc(CO)c1F. The summed E-state index contributed by atoms with van der Waals surface area (Å²) in [5.74, 6) is -0.721. The summed E-state index contributed by atoms with van der Waals surface area (Å²) in [5.41, 5.74) is -0.0594. The van der Waals surface area contributed by atoms with Gasteiger partial charge in [-0.05, 0) is 30.9 Å². The molecule has 1 aliphatic rings. The monoisotopic (exact) mass is 381 g/mol. The van der Waals surface area contributed by atoms with E-state index in [1.165, 1.54) is 12.1 Å². The minimum atomic E-state index is -3.95. The van der Waals surface area contributed by atoms with Crippen LogP contribution >= 0.6 is 15.9 Å². The van der Waals surface area contributed by atoms with Crippen LogP contribution in [0.25, 0.3) is 0 Å². The molecule has 1 heterocycles. The van der Waals surface area contributed by atoms with Crippen LogP contribution in [-0.2, 0) is 21.4 Å². The maximum absolute atomic E-state index is 14.1. The fraction of sp³-hybridized carbons (Fsp3) is 0.538. The number of rotatable bonds is 5. The highest BCUT2D eigenvalue weighted by molar-refractivity contribution is 9.10. The summed E-state index contributed by atoms with van der Waals surface area (Å²) in [5, 5.41) is 9.08. The third kappa shape index (κ3) is 4.23. The van der Waals surface area contributed by atoms with Crippen LogP contribution in [0.2, 0.25) is 0 Å². The van der Waals surface area contributed by atoms with Gasteiger partial charge in [0.05, 0.1) is 6.61 Å². The van der Waals surface area contributed by atoms with Crippen molar-refractivity contribution in [1.29, 1.82) is 0 Å². The fourth-order valence-corrected chi connectivity index (χ4v) is 4.10.